The van der Waals surface area contributed by atoms with Crippen molar-refractivity contribution in [2.45, 2.75) is 38.7 Å². The van der Waals surface area contributed by atoms with Crippen molar-refractivity contribution in [2.75, 3.05) is 36.5 Å². The van der Waals surface area contributed by atoms with Crippen molar-refractivity contribution in [1.29, 1.82) is 0 Å². The number of nitrogens with zero attached hydrogens (tertiary/aromatic N) is 1. The number of rotatable bonds is 6. The van der Waals surface area contributed by atoms with Crippen LogP contribution in [0.2, 0.25) is 0 Å². The first kappa shape index (κ1) is 20.4. The van der Waals surface area contributed by atoms with Crippen molar-refractivity contribution < 1.29 is 14.3 Å². The van der Waals surface area contributed by atoms with Gasteiger partial charge in [-0.1, -0.05) is 18.2 Å². The van der Waals surface area contributed by atoms with E-state index in [-0.39, 0.29) is 17.9 Å². The van der Waals surface area contributed by atoms with E-state index in [0.29, 0.717) is 23.4 Å². The Kier molecular flexibility index (Phi) is 6.33. The molecule has 0 bridgehead atoms. The highest BCUT2D eigenvalue weighted by Crippen LogP contribution is 2.28. The van der Waals surface area contributed by atoms with Crippen LogP contribution >= 0.6 is 0 Å². The minimum absolute atomic E-state index is 0.0909. The molecule has 1 atom stereocenters. The van der Waals surface area contributed by atoms with E-state index in [9.17, 15) is 9.59 Å². The summed E-state index contributed by atoms with van der Waals surface area (Å²) in [5.41, 5.74) is 3.68. The third kappa shape index (κ3) is 4.65. The third-order valence-corrected chi connectivity index (χ3v) is 5.85. The van der Waals surface area contributed by atoms with E-state index in [1.54, 1.807) is 12.1 Å². The molecule has 30 heavy (non-hydrogen) atoms. The Labute approximate surface area is 177 Å². The van der Waals surface area contributed by atoms with Crippen LogP contribution in [-0.4, -0.2) is 44.2 Å². The third-order valence-electron chi connectivity index (χ3n) is 5.85. The smallest absolute Gasteiger partial charge is 0.255 e. The first-order chi connectivity index (χ1) is 14.6. The van der Waals surface area contributed by atoms with Crippen LogP contribution in [0, 0.1) is 6.92 Å². The first-order valence-corrected chi connectivity index (χ1v) is 10.8. The quantitative estimate of drug-likeness (QED) is 0.765. The minimum atomic E-state index is -0.173. The maximum atomic E-state index is 13.0. The van der Waals surface area contributed by atoms with Crippen molar-refractivity contribution >= 4 is 23.2 Å². The lowest BCUT2D eigenvalue weighted by molar-refractivity contribution is 0.0858. The fraction of sp³-hybridized carbons (Fsp3) is 0.417. The summed E-state index contributed by atoms with van der Waals surface area (Å²) in [4.78, 5) is 28.0. The van der Waals surface area contributed by atoms with E-state index in [2.05, 4.69) is 15.5 Å². The van der Waals surface area contributed by atoms with Crippen LogP contribution < -0.4 is 15.5 Å². The van der Waals surface area contributed by atoms with Gasteiger partial charge in [-0.05, 0) is 62.4 Å². The molecule has 2 heterocycles. The molecule has 6 heteroatoms. The molecular weight excluding hydrogens is 378 g/mol. The van der Waals surface area contributed by atoms with Gasteiger partial charge in [-0.25, -0.2) is 0 Å². The zero-order valence-electron chi connectivity index (χ0n) is 17.4. The normalized spacial score (nSPS) is 18.4. The molecular formula is C24H29N3O3. The Hall–Kier alpha value is -2.86. The Balaban J connectivity index is 1.54. The number of ether oxygens (including phenoxy) is 1. The summed E-state index contributed by atoms with van der Waals surface area (Å²) in [6.45, 7) is 5.08. The fourth-order valence-electron chi connectivity index (χ4n) is 4.16. The molecule has 2 aliphatic rings. The van der Waals surface area contributed by atoms with Gasteiger partial charge in [-0.3, -0.25) is 9.59 Å². The Morgan fingerprint density at radius 1 is 1.03 bits per heavy atom. The number of hydrogen-bond acceptors (Lipinski definition) is 4. The van der Waals surface area contributed by atoms with Crippen LogP contribution in [0.5, 0.6) is 0 Å². The van der Waals surface area contributed by atoms with Crippen LogP contribution in [0.4, 0.5) is 11.4 Å². The van der Waals surface area contributed by atoms with Crippen molar-refractivity contribution in [3.8, 4) is 0 Å². The number of amides is 2. The predicted molar refractivity (Wildman–Crippen MR) is 118 cm³/mol. The molecule has 2 amide bonds. The summed E-state index contributed by atoms with van der Waals surface area (Å²) in [5, 5.41) is 5.97. The van der Waals surface area contributed by atoms with Gasteiger partial charge in [-0.15, -0.1) is 0 Å². The van der Waals surface area contributed by atoms with Gasteiger partial charge < -0.3 is 20.3 Å². The molecule has 0 aromatic heterocycles. The average molecular weight is 408 g/mol. The van der Waals surface area contributed by atoms with Crippen molar-refractivity contribution in [2.24, 2.45) is 0 Å². The van der Waals surface area contributed by atoms with Crippen molar-refractivity contribution in [3.05, 3.63) is 59.2 Å². The Bertz CT molecular complexity index is 916. The highest BCUT2D eigenvalue weighted by Gasteiger charge is 2.22. The molecule has 0 radical (unpaired) electrons. The van der Waals surface area contributed by atoms with Gasteiger partial charge in [0.2, 0.25) is 0 Å². The molecule has 2 aliphatic heterocycles. The minimum Gasteiger partial charge on any atom is -0.376 e. The largest absolute Gasteiger partial charge is 0.376 e. The summed E-state index contributed by atoms with van der Waals surface area (Å²) < 4.78 is 5.62. The average Bonchev–Trinajstić information content (AvgIpc) is 3.46. The number of benzene rings is 2. The van der Waals surface area contributed by atoms with E-state index in [4.69, 9.17) is 4.74 Å². The number of nitrogens with one attached hydrogen (secondary N) is 2. The van der Waals surface area contributed by atoms with Gasteiger partial charge in [0.05, 0.1) is 11.7 Å². The lowest BCUT2D eigenvalue weighted by Crippen LogP contribution is -2.33. The van der Waals surface area contributed by atoms with E-state index >= 15 is 0 Å². The standard InChI is InChI=1S/C24H29N3O3/c1-17-7-2-3-9-20(17)24(29)26-18-10-11-22(27-12-4-5-13-27)21(15-18)23(28)25-16-19-8-6-14-30-19/h2-3,7,9-11,15,19H,4-6,8,12-14,16H2,1H3,(H,25,28)(H,26,29)/t19-/m0/s1. The second kappa shape index (κ2) is 9.30. The summed E-state index contributed by atoms with van der Waals surface area (Å²) in [5.74, 6) is -0.299. The van der Waals surface area contributed by atoms with E-state index in [0.717, 1.165) is 56.6 Å². The molecule has 2 aromatic carbocycles. The lowest BCUT2D eigenvalue weighted by atomic mass is 10.1. The van der Waals surface area contributed by atoms with Crippen molar-refractivity contribution in [3.63, 3.8) is 0 Å². The molecule has 0 aliphatic carbocycles. The molecule has 0 saturated carbocycles. The van der Waals surface area contributed by atoms with E-state index in [1.165, 1.54) is 0 Å². The maximum Gasteiger partial charge on any atom is 0.255 e. The number of carbonyl (C=O) groups is 2. The Morgan fingerprint density at radius 2 is 1.83 bits per heavy atom. The summed E-state index contributed by atoms with van der Waals surface area (Å²) in [6.07, 6.45) is 4.37. The van der Waals surface area contributed by atoms with Gasteiger partial charge in [0.1, 0.15) is 0 Å². The van der Waals surface area contributed by atoms with Gasteiger partial charge in [0.15, 0.2) is 0 Å². The molecule has 2 fully saturated rings. The fourth-order valence-corrected chi connectivity index (χ4v) is 4.16. The molecule has 0 unspecified atom stereocenters. The molecule has 6 nitrogen and oxygen atoms in total. The molecule has 0 spiro atoms. The van der Waals surface area contributed by atoms with Crippen LogP contribution in [0.15, 0.2) is 42.5 Å². The van der Waals surface area contributed by atoms with Crippen LogP contribution in [-0.2, 0) is 4.74 Å². The first-order valence-electron chi connectivity index (χ1n) is 10.8. The highest BCUT2D eigenvalue weighted by atomic mass is 16.5. The van der Waals surface area contributed by atoms with Crippen LogP contribution in [0.3, 0.4) is 0 Å². The summed E-state index contributed by atoms with van der Waals surface area (Å²) >= 11 is 0. The van der Waals surface area contributed by atoms with Gasteiger partial charge in [-0.2, -0.15) is 0 Å². The highest BCUT2D eigenvalue weighted by molar-refractivity contribution is 6.07. The Morgan fingerprint density at radius 3 is 2.57 bits per heavy atom. The zero-order chi connectivity index (χ0) is 20.9. The molecule has 2 saturated heterocycles. The van der Waals surface area contributed by atoms with Gasteiger partial charge in [0, 0.05) is 43.2 Å². The monoisotopic (exact) mass is 407 g/mol. The molecule has 158 valence electrons. The lowest BCUT2D eigenvalue weighted by Gasteiger charge is -2.22. The van der Waals surface area contributed by atoms with Crippen LogP contribution in [0.1, 0.15) is 52.0 Å². The van der Waals surface area contributed by atoms with Gasteiger partial charge in [0.25, 0.3) is 11.8 Å². The topological polar surface area (TPSA) is 70.7 Å². The number of carbonyl (C=O) groups excluding carboxylic acids is 2. The molecule has 4 rings (SSSR count). The number of hydrogen-bond donors (Lipinski definition) is 2. The zero-order valence-corrected chi connectivity index (χ0v) is 17.4. The predicted octanol–water partition coefficient (Wildman–Crippen LogP) is 3.76. The second-order valence-corrected chi connectivity index (χ2v) is 8.04. The molecule has 2 N–H and O–H groups in total. The van der Waals surface area contributed by atoms with Crippen LogP contribution in [0.25, 0.3) is 0 Å². The number of aryl methyl sites for hydroxylation is 1. The molecule has 2 aromatic rings. The second-order valence-electron chi connectivity index (χ2n) is 8.04. The van der Waals surface area contributed by atoms with Gasteiger partial charge >= 0.3 is 0 Å². The van der Waals surface area contributed by atoms with E-state index in [1.807, 2.05) is 37.3 Å². The van der Waals surface area contributed by atoms with E-state index < -0.39 is 0 Å². The summed E-state index contributed by atoms with van der Waals surface area (Å²) in [7, 11) is 0. The summed E-state index contributed by atoms with van der Waals surface area (Å²) in [6, 6.07) is 13.1. The maximum absolute atomic E-state index is 13.0. The SMILES string of the molecule is Cc1ccccc1C(=O)Nc1ccc(N2CCCC2)c(C(=O)NC[C@@H]2CCCO2)c1. The van der Waals surface area contributed by atoms with Crippen molar-refractivity contribution in [1.82, 2.24) is 5.32 Å². The number of anilines is 2.